The van der Waals surface area contributed by atoms with E-state index < -0.39 is 5.60 Å². The van der Waals surface area contributed by atoms with Crippen LogP contribution >= 0.6 is 0 Å². The molecule has 7 atom stereocenters. The number of hydrogen-bond donors (Lipinski definition) is 0. The number of ether oxygens (including phenoxy) is 3. The van der Waals surface area contributed by atoms with Gasteiger partial charge in [-0.1, -0.05) is 6.92 Å². The fourth-order valence-corrected chi connectivity index (χ4v) is 6.37. The Bertz CT molecular complexity index is 601. The molecule has 0 aromatic heterocycles. The quantitative estimate of drug-likeness (QED) is 0.529. The molecule has 4 nitrogen and oxygen atoms in total. The van der Waals surface area contributed by atoms with Crippen LogP contribution in [0.5, 0.6) is 0 Å². The minimum absolute atomic E-state index is 0.0463. The minimum Gasteiger partial charge on any atom is -0.460 e. The third-order valence-corrected chi connectivity index (χ3v) is 8.28. The fourth-order valence-electron chi connectivity index (χ4n) is 6.37. The van der Waals surface area contributed by atoms with Crippen molar-refractivity contribution in [3.05, 3.63) is 0 Å². The first-order valence-electron chi connectivity index (χ1n) is 10.5. The molecule has 0 bridgehead atoms. The summed E-state index contributed by atoms with van der Waals surface area (Å²) in [5.41, 5.74) is -0.0541. The molecule has 2 saturated carbocycles. The van der Waals surface area contributed by atoms with Crippen molar-refractivity contribution in [3.63, 3.8) is 0 Å². The van der Waals surface area contributed by atoms with E-state index >= 15 is 0 Å². The SMILES string of the molecule is CC(=O)OC(C)(C)[C@H]1CC[C@@]2(C)C[C@H]3O[C@]3(C)CC[C@H]3O[C@]3(C)CC[C@H]12. The molecular weight excluding hydrogens is 328 g/mol. The smallest absolute Gasteiger partial charge is 0.303 e. The van der Waals surface area contributed by atoms with Gasteiger partial charge in [0, 0.05) is 12.8 Å². The van der Waals surface area contributed by atoms with E-state index in [1.165, 1.54) is 13.3 Å². The van der Waals surface area contributed by atoms with Crippen molar-refractivity contribution in [1.82, 2.24) is 0 Å². The van der Waals surface area contributed by atoms with Crippen LogP contribution in [0.4, 0.5) is 0 Å². The lowest BCUT2D eigenvalue weighted by Crippen LogP contribution is -2.41. The normalized spacial score (nSPS) is 50.7. The molecule has 0 amide bonds. The zero-order chi connectivity index (χ0) is 19.0. The summed E-state index contributed by atoms with van der Waals surface area (Å²) < 4.78 is 18.1. The molecule has 0 spiro atoms. The maximum Gasteiger partial charge on any atom is 0.303 e. The Labute approximate surface area is 158 Å². The number of fused-ring (bicyclic) bond motifs is 3. The third-order valence-electron chi connectivity index (χ3n) is 8.28. The zero-order valence-electron chi connectivity index (χ0n) is 17.4. The minimum atomic E-state index is -0.410. The third kappa shape index (κ3) is 3.11. The van der Waals surface area contributed by atoms with Crippen molar-refractivity contribution >= 4 is 5.97 Å². The van der Waals surface area contributed by atoms with Crippen LogP contribution in [0.25, 0.3) is 0 Å². The van der Waals surface area contributed by atoms with E-state index in [-0.39, 0.29) is 22.6 Å². The summed E-state index contributed by atoms with van der Waals surface area (Å²) in [5.74, 6) is 0.781. The molecule has 0 unspecified atom stereocenters. The molecule has 2 aliphatic carbocycles. The largest absolute Gasteiger partial charge is 0.460 e. The van der Waals surface area contributed by atoms with Crippen molar-refractivity contribution in [3.8, 4) is 0 Å². The second-order valence-electron chi connectivity index (χ2n) is 10.7. The molecule has 4 fully saturated rings. The Balaban J connectivity index is 1.60. The van der Waals surface area contributed by atoms with Gasteiger partial charge in [0.05, 0.1) is 23.4 Å². The standard InChI is InChI=1S/C22H36O4/c1-14(23)24-19(2,3)15-7-10-20(4)13-18-22(6,26-18)12-9-17-21(5,25-17)11-8-16(15)20/h15-18H,7-13H2,1-6H3/t15-,16+,17+,18+,20-,21+,22+/m0/s1. The average molecular weight is 365 g/mol. The highest BCUT2D eigenvalue weighted by Crippen LogP contribution is 2.61. The average Bonchev–Trinajstić information content (AvgIpc) is 3.29. The molecule has 0 aromatic rings. The van der Waals surface area contributed by atoms with Crippen LogP contribution < -0.4 is 0 Å². The maximum absolute atomic E-state index is 11.7. The van der Waals surface area contributed by atoms with E-state index in [9.17, 15) is 4.79 Å². The Morgan fingerprint density at radius 3 is 2.27 bits per heavy atom. The van der Waals surface area contributed by atoms with Crippen molar-refractivity contribution in [2.75, 3.05) is 0 Å². The van der Waals surface area contributed by atoms with Crippen LogP contribution in [0, 0.1) is 17.3 Å². The molecule has 26 heavy (non-hydrogen) atoms. The van der Waals surface area contributed by atoms with Gasteiger partial charge >= 0.3 is 5.97 Å². The van der Waals surface area contributed by atoms with Gasteiger partial charge in [-0.15, -0.1) is 0 Å². The Kier molecular flexibility index (Phi) is 4.11. The van der Waals surface area contributed by atoms with E-state index in [2.05, 4.69) is 34.6 Å². The van der Waals surface area contributed by atoms with Crippen molar-refractivity contribution in [1.29, 1.82) is 0 Å². The van der Waals surface area contributed by atoms with Crippen LogP contribution in [0.15, 0.2) is 0 Å². The number of epoxide rings is 2. The number of carbonyl (C=O) groups is 1. The van der Waals surface area contributed by atoms with Crippen LogP contribution in [0.2, 0.25) is 0 Å². The molecule has 4 rings (SSSR count). The van der Waals surface area contributed by atoms with E-state index in [1.54, 1.807) is 0 Å². The number of rotatable bonds is 2. The molecule has 0 aromatic carbocycles. The first-order valence-corrected chi connectivity index (χ1v) is 10.5. The lowest BCUT2D eigenvalue weighted by molar-refractivity contribution is -0.161. The van der Waals surface area contributed by atoms with E-state index in [4.69, 9.17) is 14.2 Å². The summed E-state index contributed by atoms with van der Waals surface area (Å²) in [7, 11) is 0. The summed E-state index contributed by atoms with van der Waals surface area (Å²) in [4.78, 5) is 11.7. The highest BCUT2D eigenvalue weighted by molar-refractivity contribution is 5.66. The number of carbonyl (C=O) groups excluding carboxylic acids is 1. The van der Waals surface area contributed by atoms with Gasteiger partial charge in [0.25, 0.3) is 0 Å². The topological polar surface area (TPSA) is 51.4 Å². The van der Waals surface area contributed by atoms with Gasteiger partial charge in [0.1, 0.15) is 5.60 Å². The summed E-state index contributed by atoms with van der Waals surface area (Å²) >= 11 is 0. The highest BCUT2D eigenvalue weighted by atomic mass is 16.6. The molecule has 4 heteroatoms. The second kappa shape index (κ2) is 5.70. The van der Waals surface area contributed by atoms with Gasteiger partial charge < -0.3 is 14.2 Å². The highest BCUT2D eigenvalue weighted by Gasteiger charge is 2.62. The van der Waals surface area contributed by atoms with E-state index in [1.807, 2.05) is 0 Å². The van der Waals surface area contributed by atoms with E-state index in [0.29, 0.717) is 24.0 Å². The van der Waals surface area contributed by atoms with Gasteiger partial charge in [0.2, 0.25) is 0 Å². The number of hydrogen-bond acceptors (Lipinski definition) is 4. The van der Waals surface area contributed by atoms with E-state index in [0.717, 1.165) is 38.5 Å². The zero-order valence-corrected chi connectivity index (χ0v) is 17.4. The Hall–Kier alpha value is -0.610. The number of esters is 1. The Morgan fingerprint density at radius 2 is 1.58 bits per heavy atom. The summed E-state index contributed by atoms with van der Waals surface area (Å²) in [6.45, 7) is 12.7. The predicted octanol–water partition coefficient (Wildman–Crippen LogP) is 4.64. The second-order valence-corrected chi connectivity index (χ2v) is 10.7. The van der Waals surface area contributed by atoms with Crippen LogP contribution in [-0.2, 0) is 19.0 Å². The summed E-state index contributed by atoms with van der Waals surface area (Å²) in [5, 5.41) is 0. The van der Waals surface area contributed by atoms with Crippen LogP contribution in [0.3, 0.4) is 0 Å². The monoisotopic (exact) mass is 364 g/mol. The molecule has 2 heterocycles. The van der Waals surface area contributed by atoms with Crippen molar-refractivity contribution < 1.29 is 19.0 Å². The molecule has 0 radical (unpaired) electrons. The molecule has 4 aliphatic rings. The maximum atomic E-state index is 11.7. The van der Waals surface area contributed by atoms with Gasteiger partial charge in [-0.05, 0) is 84.0 Å². The summed E-state index contributed by atoms with van der Waals surface area (Å²) in [6, 6.07) is 0. The fraction of sp³-hybridized carbons (Fsp3) is 0.955. The molecular formula is C22H36O4. The summed E-state index contributed by atoms with van der Waals surface area (Å²) in [6.07, 6.45) is 8.76. The van der Waals surface area contributed by atoms with Crippen LogP contribution in [-0.4, -0.2) is 35.0 Å². The van der Waals surface area contributed by atoms with Gasteiger partial charge in [-0.25, -0.2) is 0 Å². The van der Waals surface area contributed by atoms with Gasteiger partial charge in [-0.2, -0.15) is 0 Å². The molecule has 2 aliphatic heterocycles. The molecule has 148 valence electrons. The molecule has 2 saturated heterocycles. The predicted molar refractivity (Wildman–Crippen MR) is 99.8 cm³/mol. The first kappa shape index (κ1) is 18.7. The van der Waals surface area contributed by atoms with Crippen LogP contribution in [0.1, 0.15) is 86.5 Å². The Morgan fingerprint density at radius 1 is 0.962 bits per heavy atom. The van der Waals surface area contributed by atoms with Crippen molar-refractivity contribution in [2.45, 2.75) is 115 Å². The lowest BCUT2D eigenvalue weighted by Gasteiger charge is -2.40. The molecule has 0 N–H and O–H groups in total. The lowest BCUT2D eigenvalue weighted by atomic mass is 9.67. The first-order chi connectivity index (χ1) is 12.0. The van der Waals surface area contributed by atoms with Crippen molar-refractivity contribution in [2.24, 2.45) is 17.3 Å². The van der Waals surface area contributed by atoms with Gasteiger partial charge in [0.15, 0.2) is 0 Å². The van der Waals surface area contributed by atoms with Gasteiger partial charge in [-0.3, -0.25) is 4.79 Å².